The fourth-order valence-corrected chi connectivity index (χ4v) is 2.79. The molecule has 0 aliphatic rings. The van der Waals surface area contributed by atoms with Gasteiger partial charge in [-0.25, -0.2) is 0 Å². The molecule has 0 aromatic rings. The molecule has 0 aliphatic carbocycles. The third-order valence-corrected chi connectivity index (χ3v) is 4.37. The molecule has 0 atom stereocenters. The average molecular weight is 255 g/mol. The van der Waals surface area contributed by atoms with Crippen molar-refractivity contribution in [3.63, 3.8) is 0 Å². The van der Waals surface area contributed by atoms with Crippen LogP contribution < -0.4 is 0 Å². The molecular weight excluding hydrogens is 216 g/mol. The van der Waals surface area contributed by atoms with E-state index in [0.717, 1.165) is 5.92 Å². The first-order valence-corrected chi connectivity index (χ1v) is 8.85. The smallest absolute Gasteiger partial charge is 0.0420 e. The summed E-state index contributed by atoms with van der Waals surface area (Å²) < 4.78 is 0. The second kappa shape index (κ2) is 15.1. The minimum absolute atomic E-state index is 1.00. The van der Waals surface area contributed by atoms with Crippen LogP contribution in [0.2, 0.25) is 0 Å². The Morgan fingerprint density at radius 1 is 0.500 bits per heavy atom. The molecule has 0 aliphatic heterocycles. The van der Waals surface area contributed by atoms with E-state index in [1.54, 1.807) is 0 Å². The van der Waals surface area contributed by atoms with Crippen molar-refractivity contribution >= 4 is 0 Å². The van der Waals surface area contributed by atoms with Crippen molar-refractivity contribution < 1.29 is 0 Å². The first-order valence-electron chi connectivity index (χ1n) is 8.85. The molecule has 0 heterocycles. The van der Waals surface area contributed by atoms with E-state index in [2.05, 4.69) is 20.8 Å². The third-order valence-electron chi connectivity index (χ3n) is 4.37. The maximum atomic E-state index is 2.34. The van der Waals surface area contributed by atoms with Gasteiger partial charge in [0.15, 0.2) is 0 Å². The second-order valence-corrected chi connectivity index (χ2v) is 6.01. The standard InChI is InChI=1S/C18H38/c1-4-7-8-9-10-11-12-13-14-15-16-17-18(5-2)6-3/h18H,4-17H2,1-3H3. The van der Waals surface area contributed by atoms with Crippen LogP contribution in [0, 0.1) is 5.92 Å². The van der Waals surface area contributed by atoms with Crippen LogP contribution in [0.1, 0.15) is 111 Å². The number of hydrogen-bond acceptors (Lipinski definition) is 0. The van der Waals surface area contributed by atoms with Gasteiger partial charge in [0.25, 0.3) is 0 Å². The largest absolute Gasteiger partial charge is 0.0654 e. The fraction of sp³-hybridized carbons (Fsp3) is 1.00. The number of rotatable bonds is 14. The zero-order valence-corrected chi connectivity index (χ0v) is 13.5. The molecule has 0 nitrogen and oxygen atoms in total. The molecule has 0 rings (SSSR count). The Kier molecular flexibility index (Phi) is 15.1. The maximum Gasteiger partial charge on any atom is -0.0420 e. The monoisotopic (exact) mass is 254 g/mol. The van der Waals surface area contributed by atoms with E-state index in [1.807, 2.05) is 0 Å². The van der Waals surface area contributed by atoms with E-state index in [0.29, 0.717) is 0 Å². The van der Waals surface area contributed by atoms with Crippen molar-refractivity contribution in [2.75, 3.05) is 0 Å². The molecule has 110 valence electrons. The summed E-state index contributed by atoms with van der Waals surface area (Å²) in [7, 11) is 0. The summed E-state index contributed by atoms with van der Waals surface area (Å²) in [4.78, 5) is 0. The quantitative estimate of drug-likeness (QED) is 0.289. The predicted molar refractivity (Wildman–Crippen MR) is 85.2 cm³/mol. The van der Waals surface area contributed by atoms with E-state index in [4.69, 9.17) is 0 Å². The number of unbranched alkanes of at least 4 members (excludes halogenated alkanes) is 10. The molecular formula is C18H38. The van der Waals surface area contributed by atoms with Gasteiger partial charge < -0.3 is 0 Å². The highest BCUT2D eigenvalue weighted by atomic mass is 14.1. The lowest BCUT2D eigenvalue weighted by atomic mass is 9.95. The Labute approximate surface area is 117 Å². The molecule has 0 radical (unpaired) electrons. The first-order chi connectivity index (χ1) is 8.85. The molecule has 0 aromatic carbocycles. The fourth-order valence-electron chi connectivity index (χ4n) is 2.79. The minimum Gasteiger partial charge on any atom is -0.0654 e. The highest BCUT2D eigenvalue weighted by molar-refractivity contribution is 4.55. The van der Waals surface area contributed by atoms with Crippen LogP contribution in [0.5, 0.6) is 0 Å². The summed E-state index contributed by atoms with van der Waals surface area (Å²) in [6, 6.07) is 0. The van der Waals surface area contributed by atoms with Gasteiger partial charge in [0, 0.05) is 0 Å². The van der Waals surface area contributed by atoms with Crippen molar-refractivity contribution in [1.29, 1.82) is 0 Å². The maximum absolute atomic E-state index is 2.34. The topological polar surface area (TPSA) is 0 Å². The van der Waals surface area contributed by atoms with Gasteiger partial charge in [-0.15, -0.1) is 0 Å². The van der Waals surface area contributed by atoms with E-state index in [-0.39, 0.29) is 0 Å². The van der Waals surface area contributed by atoms with Crippen molar-refractivity contribution in [3.8, 4) is 0 Å². The normalized spacial score (nSPS) is 11.3. The van der Waals surface area contributed by atoms with Gasteiger partial charge in [0.1, 0.15) is 0 Å². The van der Waals surface area contributed by atoms with Gasteiger partial charge in [-0.05, 0) is 5.92 Å². The Bertz CT molecular complexity index is 135. The van der Waals surface area contributed by atoms with E-state index in [9.17, 15) is 0 Å². The Morgan fingerprint density at radius 3 is 1.28 bits per heavy atom. The molecule has 0 fully saturated rings. The van der Waals surface area contributed by atoms with Gasteiger partial charge in [-0.2, -0.15) is 0 Å². The lowest BCUT2D eigenvalue weighted by molar-refractivity contribution is 0.426. The van der Waals surface area contributed by atoms with Crippen LogP contribution in [-0.4, -0.2) is 0 Å². The highest BCUT2D eigenvalue weighted by Crippen LogP contribution is 2.18. The van der Waals surface area contributed by atoms with Crippen molar-refractivity contribution in [2.24, 2.45) is 5.92 Å². The van der Waals surface area contributed by atoms with Crippen molar-refractivity contribution in [3.05, 3.63) is 0 Å². The third kappa shape index (κ3) is 12.5. The van der Waals surface area contributed by atoms with E-state index in [1.165, 1.54) is 89.9 Å². The Hall–Kier alpha value is 0. The van der Waals surface area contributed by atoms with Crippen LogP contribution in [0.4, 0.5) is 0 Å². The molecule has 0 unspecified atom stereocenters. The van der Waals surface area contributed by atoms with Gasteiger partial charge in [0.2, 0.25) is 0 Å². The molecule has 0 amide bonds. The molecule has 0 N–H and O–H groups in total. The summed E-state index contributed by atoms with van der Waals surface area (Å²) >= 11 is 0. The summed E-state index contributed by atoms with van der Waals surface area (Å²) in [5.74, 6) is 1.00. The molecule has 0 saturated heterocycles. The molecule has 0 heteroatoms. The van der Waals surface area contributed by atoms with Crippen LogP contribution in [0.25, 0.3) is 0 Å². The Morgan fingerprint density at radius 2 is 0.889 bits per heavy atom. The van der Waals surface area contributed by atoms with E-state index < -0.39 is 0 Å². The van der Waals surface area contributed by atoms with Gasteiger partial charge in [-0.3, -0.25) is 0 Å². The van der Waals surface area contributed by atoms with Crippen LogP contribution >= 0.6 is 0 Å². The molecule has 0 aromatic heterocycles. The zero-order chi connectivity index (χ0) is 13.5. The SMILES string of the molecule is CCCCCCCCCCCCCC(CC)CC. The Balaban J connectivity index is 3.03. The number of hydrogen-bond donors (Lipinski definition) is 0. The molecule has 0 spiro atoms. The van der Waals surface area contributed by atoms with Gasteiger partial charge in [0.05, 0.1) is 0 Å². The highest BCUT2D eigenvalue weighted by Gasteiger charge is 2.02. The summed E-state index contributed by atoms with van der Waals surface area (Å²) in [6.07, 6.45) is 20.4. The van der Waals surface area contributed by atoms with E-state index >= 15 is 0 Å². The van der Waals surface area contributed by atoms with Crippen molar-refractivity contribution in [1.82, 2.24) is 0 Å². The summed E-state index contributed by atoms with van der Waals surface area (Å²) in [6.45, 7) is 6.97. The molecule has 0 bridgehead atoms. The van der Waals surface area contributed by atoms with Gasteiger partial charge in [-0.1, -0.05) is 111 Å². The first kappa shape index (κ1) is 18.0. The summed E-state index contributed by atoms with van der Waals surface area (Å²) in [5.41, 5.74) is 0. The lowest BCUT2D eigenvalue weighted by Crippen LogP contribution is -1.96. The summed E-state index contributed by atoms with van der Waals surface area (Å²) in [5, 5.41) is 0. The zero-order valence-electron chi connectivity index (χ0n) is 13.5. The van der Waals surface area contributed by atoms with Gasteiger partial charge >= 0.3 is 0 Å². The lowest BCUT2D eigenvalue weighted by Gasteiger charge is -2.11. The minimum atomic E-state index is 1.00. The van der Waals surface area contributed by atoms with Crippen molar-refractivity contribution in [2.45, 2.75) is 111 Å². The van der Waals surface area contributed by atoms with Crippen LogP contribution in [0.15, 0.2) is 0 Å². The van der Waals surface area contributed by atoms with Crippen LogP contribution in [-0.2, 0) is 0 Å². The van der Waals surface area contributed by atoms with Crippen LogP contribution in [0.3, 0.4) is 0 Å². The second-order valence-electron chi connectivity index (χ2n) is 6.01. The average Bonchev–Trinajstić information content (AvgIpc) is 2.40. The molecule has 18 heavy (non-hydrogen) atoms. The predicted octanol–water partition coefficient (Wildman–Crippen LogP) is 7.12. The molecule has 0 saturated carbocycles.